The fourth-order valence-electron chi connectivity index (χ4n) is 2.59. The maximum absolute atomic E-state index is 12.9. The summed E-state index contributed by atoms with van der Waals surface area (Å²) in [6.07, 6.45) is 2.38. The third kappa shape index (κ3) is 3.96. The van der Waals surface area contributed by atoms with E-state index in [4.69, 9.17) is 5.73 Å². The molecule has 27 heavy (non-hydrogen) atoms. The summed E-state index contributed by atoms with van der Waals surface area (Å²) in [5.74, 6) is 0. The van der Waals surface area contributed by atoms with Gasteiger partial charge in [-0.3, -0.25) is 0 Å². The van der Waals surface area contributed by atoms with Gasteiger partial charge in [-0.2, -0.15) is 0 Å². The summed E-state index contributed by atoms with van der Waals surface area (Å²) in [7, 11) is -7.36. The van der Waals surface area contributed by atoms with Crippen LogP contribution >= 0.6 is 11.3 Å². The normalized spacial score (nSPS) is 12.3. The summed E-state index contributed by atoms with van der Waals surface area (Å²) < 4.78 is 50.3. The molecule has 0 aliphatic rings. The molecule has 0 fully saturated rings. The first-order valence-electron chi connectivity index (χ1n) is 7.94. The second-order valence-corrected chi connectivity index (χ2v) is 11.4. The smallest absolute Gasteiger partial charge is 0.217 e. The zero-order valence-electron chi connectivity index (χ0n) is 14.7. The van der Waals surface area contributed by atoms with Crippen LogP contribution in [-0.4, -0.2) is 28.1 Å². The Labute approximate surface area is 162 Å². The topological polar surface area (TPSA) is 107 Å². The largest absolute Gasteiger partial charge is 0.325 e. The van der Waals surface area contributed by atoms with E-state index >= 15 is 0 Å². The average Bonchev–Trinajstić information content (AvgIpc) is 3.11. The number of benzene rings is 2. The molecule has 3 rings (SSSR count). The molecule has 2 aromatic carbocycles. The summed E-state index contributed by atoms with van der Waals surface area (Å²) in [6, 6.07) is 11.3. The number of aromatic nitrogens is 1. The highest BCUT2D eigenvalue weighted by atomic mass is 32.2. The van der Waals surface area contributed by atoms with Gasteiger partial charge in [0, 0.05) is 18.4 Å². The van der Waals surface area contributed by atoms with E-state index in [-0.39, 0.29) is 20.5 Å². The number of aryl methyl sites for hydroxylation is 1. The zero-order chi connectivity index (χ0) is 19.8. The molecule has 142 valence electrons. The van der Waals surface area contributed by atoms with E-state index in [1.54, 1.807) is 12.1 Å². The molecule has 1 aromatic heterocycles. The van der Waals surface area contributed by atoms with E-state index in [2.05, 4.69) is 4.98 Å². The maximum atomic E-state index is 12.9. The van der Waals surface area contributed by atoms with Crippen molar-refractivity contribution >= 4 is 31.0 Å². The van der Waals surface area contributed by atoms with Crippen molar-refractivity contribution in [3.8, 4) is 11.1 Å². The lowest BCUT2D eigenvalue weighted by molar-refractivity contribution is 0.595. The van der Waals surface area contributed by atoms with Crippen molar-refractivity contribution in [2.24, 2.45) is 5.73 Å². The Kier molecular flexibility index (Phi) is 5.22. The molecular formula is C18H18N2O4S3. The number of nitrogens with zero attached hydrogens (tertiary/aromatic N) is 1. The van der Waals surface area contributed by atoms with Crippen molar-refractivity contribution in [3.05, 3.63) is 59.2 Å². The molecule has 0 unspecified atom stereocenters. The number of nitrogens with two attached hydrogens (primary N) is 1. The molecule has 0 atom stereocenters. The number of hydrogen-bond donors (Lipinski definition) is 1. The fourth-order valence-corrected chi connectivity index (χ4v) is 5.96. The van der Waals surface area contributed by atoms with Crippen LogP contribution in [0, 0.1) is 6.92 Å². The van der Waals surface area contributed by atoms with Crippen LogP contribution in [0.15, 0.2) is 62.7 Å². The van der Waals surface area contributed by atoms with Gasteiger partial charge < -0.3 is 5.73 Å². The van der Waals surface area contributed by atoms with Crippen LogP contribution in [0.5, 0.6) is 0 Å². The Hall–Kier alpha value is -2.07. The molecule has 6 nitrogen and oxygen atoms in total. The molecule has 0 spiro atoms. The highest BCUT2D eigenvalue weighted by Gasteiger charge is 2.24. The molecule has 0 saturated carbocycles. The monoisotopic (exact) mass is 422 g/mol. The lowest BCUT2D eigenvalue weighted by Crippen LogP contribution is -2.04. The minimum absolute atomic E-state index is 0.0118. The Morgan fingerprint density at radius 2 is 1.70 bits per heavy atom. The van der Waals surface area contributed by atoms with Crippen LogP contribution in [0.25, 0.3) is 11.1 Å². The van der Waals surface area contributed by atoms with Gasteiger partial charge in [0.05, 0.1) is 16.0 Å². The van der Waals surface area contributed by atoms with E-state index in [0.29, 0.717) is 16.1 Å². The standard InChI is InChI=1S/C18H18N2O4S3/c1-12-3-5-13(6-4-12)15-9-14(7-8-16(15)26(2,21)22)27(23,24)18-11-20-17(10-19)25-18/h3-9,11H,10,19H2,1-2H3. The van der Waals surface area contributed by atoms with Gasteiger partial charge in [0.1, 0.15) is 9.22 Å². The second kappa shape index (κ2) is 7.16. The number of sulfone groups is 2. The Balaban J connectivity index is 2.21. The molecule has 0 aliphatic carbocycles. The van der Waals surface area contributed by atoms with Gasteiger partial charge in [-0.05, 0) is 30.7 Å². The quantitative estimate of drug-likeness (QED) is 0.677. The van der Waals surface area contributed by atoms with Crippen molar-refractivity contribution in [2.45, 2.75) is 27.5 Å². The summed E-state index contributed by atoms with van der Waals surface area (Å²) in [5.41, 5.74) is 7.51. The molecule has 0 bridgehead atoms. The Morgan fingerprint density at radius 1 is 1.04 bits per heavy atom. The molecule has 2 N–H and O–H groups in total. The fraction of sp³-hybridized carbons (Fsp3) is 0.167. The SMILES string of the molecule is Cc1ccc(-c2cc(S(=O)(=O)c3cnc(CN)s3)ccc2S(C)(=O)=O)cc1. The van der Waals surface area contributed by atoms with Gasteiger partial charge in [-0.1, -0.05) is 29.8 Å². The minimum atomic E-state index is -3.82. The van der Waals surface area contributed by atoms with Gasteiger partial charge in [0.2, 0.25) is 9.84 Å². The first kappa shape index (κ1) is 19.7. The van der Waals surface area contributed by atoms with Crippen LogP contribution in [-0.2, 0) is 26.2 Å². The van der Waals surface area contributed by atoms with Gasteiger partial charge in [0.15, 0.2) is 9.84 Å². The first-order chi connectivity index (χ1) is 12.6. The van der Waals surface area contributed by atoms with Gasteiger partial charge in [-0.15, -0.1) is 11.3 Å². The lowest BCUT2D eigenvalue weighted by atomic mass is 10.0. The highest BCUT2D eigenvalue weighted by molar-refractivity contribution is 7.93. The third-order valence-electron chi connectivity index (χ3n) is 4.00. The van der Waals surface area contributed by atoms with E-state index in [9.17, 15) is 16.8 Å². The van der Waals surface area contributed by atoms with Gasteiger partial charge >= 0.3 is 0 Å². The van der Waals surface area contributed by atoms with Crippen molar-refractivity contribution in [1.29, 1.82) is 0 Å². The minimum Gasteiger partial charge on any atom is -0.325 e. The Morgan fingerprint density at radius 3 is 2.26 bits per heavy atom. The highest BCUT2D eigenvalue weighted by Crippen LogP contribution is 2.33. The van der Waals surface area contributed by atoms with Crippen LogP contribution in [0.2, 0.25) is 0 Å². The zero-order valence-corrected chi connectivity index (χ0v) is 17.2. The summed E-state index contributed by atoms with van der Waals surface area (Å²) in [6.45, 7) is 2.07. The van der Waals surface area contributed by atoms with Crippen LogP contribution in [0.3, 0.4) is 0 Å². The maximum Gasteiger partial charge on any atom is 0.217 e. The second-order valence-electron chi connectivity index (χ2n) is 6.08. The number of rotatable bonds is 5. The molecule has 1 heterocycles. The number of hydrogen-bond acceptors (Lipinski definition) is 7. The average molecular weight is 423 g/mol. The molecule has 0 amide bonds. The van der Waals surface area contributed by atoms with Gasteiger partial charge in [-0.25, -0.2) is 21.8 Å². The van der Waals surface area contributed by atoms with Crippen LogP contribution < -0.4 is 5.73 Å². The van der Waals surface area contributed by atoms with Gasteiger partial charge in [0.25, 0.3) is 0 Å². The molecule has 0 aliphatic heterocycles. The van der Waals surface area contributed by atoms with E-state index in [1.165, 1.54) is 24.4 Å². The van der Waals surface area contributed by atoms with Crippen LogP contribution in [0.4, 0.5) is 0 Å². The summed E-state index contributed by atoms with van der Waals surface area (Å²) in [5, 5.41) is 0.514. The molecule has 3 aromatic rings. The predicted molar refractivity (Wildman–Crippen MR) is 105 cm³/mol. The summed E-state index contributed by atoms with van der Waals surface area (Å²) in [4.78, 5) is 4.08. The molecule has 0 radical (unpaired) electrons. The predicted octanol–water partition coefficient (Wildman–Crippen LogP) is 2.81. The van der Waals surface area contributed by atoms with Crippen molar-refractivity contribution in [1.82, 2.24) is 4.98 Å². The third-order valence-corrected chi connectivity index (χ3v) is 8.38. The van der Waals surface area contributed by atoms with Crippen molar-refractivity contribution in [3.63, 3.8) is 0 Å². The number of thiazole rings is 1. The van der Waals surface area contributed by atoms with E-state index in [0.717, 1.165) is 23.2 Å². The van der Waals surface area contributed by atoms with E-state index < -0.39 is 19.7 Å². The van der Waals surface area contributed by atoms with Crippen molar-refractivity contribution in [2.75, 3.05) is 6.26 Å². The van der Waals surface area contributed by atoms with Crippen LogP contribution in [0.1, 0.15) is 10.6 Å². The first-order valence-corrected chi connectivity index (χ1v) is 12.1. The van der Waals surface area contributed by atoms with E-state index in [1.807, 2.05) is 19.1 Å². The molecule has 9 heteroatoms. The Bertz CT molecular complexity index is 1200. The van der Waals surface area contributed by atoms with Crippen molar-refractivity contribution < 1.29 is 16.8 Å². The summed E-state index contributed by atoms with van der Waals surface area (Å²) >= 11 is 1.01. The lowest BCUT2D eigenvalue weighted by Gasteiger charge is -2.11. The molecular weight excluding hydrogens is 404 g/mol. The molecule has 0 saturated heterocycles.